The minimum Gasteiger partial charge on any atom is -0.376 e. The minimum absolute atomic E-state index is 0.0184. The first kappa shape index (κ1) is 22.7. The van der Waals surface area contributed by atoms with Gasteiger partial charge in [0.25, 0.3) is 0 Å². The Balaban J connectivity index is 1.70. The van der Waals surface area contributed by atoms with Crippen molar-refractivity contribution in [2.24, 2.45) is 5.92 Å². The maximum absolute atomic E-state index is 13.2. The molecule has 0 bridgehead atoms. The van der Waals surface area contributed by atoms with Crippen molar-refractivity contribution in [3.63, 3.8) is 0 Å². The van der Waals surface area contributed by atoms with E-state index in [0.717, 1.165) is 19.4 Å². The third-order valence-electron chi connectivity index (χ3n) is 5.95. The number of hydrogen-bond acceptors (Lipinski definition) is 6. The number of carbonyl (C=O) groups excluding carboxylic acids is 1. The fraction of sp³-hybridized carbons (Fsp3) is 0.762. The third-order valence-corrected chi connectivity index (χ3v) is 8.68. The van der Waals surface area contributed by atoms with Crippen LogP contribution in [0.25, 0.3) is 0 Å². The van der Waals surface area contributed by atoms with Crippen LogP contribution >= 0.6 is 11.3 Å². The molecule has 1 N–H and O–H groups in total. The fourth-order valence-corrected chi connectivity index (χ4v) is 7.15. The Kier molecular flexibility index (Phi) is 7.41. The first-order chi connectivity index (χ1) is 13.7. The zero-order chi connectivity index (χ0) is 21.2. The van der Waals surface area contributed by atoms with Gasteiger partial charge in [-0.25, -0.2) is 8.42 Å². The lowest BCUT2D eigenvalue weighted by atomic mass is 9.96. The van der Waals surface area contributed by atoms with E-state index in [1.54, 1.807) is 16.2 Å². The Bertz CT molecular complexity index is 813. The molecule has 2 aliphatic heterocycles. The van der Waals surface area contributed by atoms with Gasteiger partial charge in [-0.15, -0.1) is 11.3 Å². The van der Waals surface area contributed by atoms with E-state index in [1.807, 2.05) is 0 Å². The molecule has 2 saturated heterocycles. The van der Waals surface area contributed by atoms with Crippen LogP contribution in [0.3, 0.4) is 0 Å². The number of amides is 1. The second kappa shape index (κ2) is 9.45. The second-order valence-corrected chi connectivity index (χ2v) is 12.4. The standard InChI is InChI=1S/C21H34N2O4S2/c1-14(2)21(19-10-15(3)28-16(19)4)22-11-20(24)23(12-18-6-5-8-27-18)17-7-9-29(25,26)13-17/h10,14,17-18,21-22H,5-9,11-13H2,1-4H3/t17-,18-,21-/m1/s1. The molecule has 6 nitrogen and oxygen atoms in total. The smallest absolute Gasteiger partial charge is 0.236 e. The van der Waals surface area contributed by atoms with Crippen molar-refractivity contribution in [1.29, 1.82) is 0 Å². The van der Waals surface area contributed by atoms with Crippen molar-refractivity contribution in [3.8, 4) is 0 Å². The number of sulfone groups is 1. The molecule has 2 aliphatic rings. The lowest BCUT2D eigenvalue weighted by molar-refractivity contribution is -0.134. The second-order valence-electron chi connectivity index (χ2n) is 8.71. The SMILES string of the molecule is Cc1cc([C@H](NCC(=O)N(C[C@H]2CCCO2)[C@@H]2CCS(=O)(=O)C2)C(C)C)c(C)s1. The predicted molar refractivity (Wildman–Crippen MR) is 117 cm³/mol. The molecule has 0 unspecified atom stereocenters. The van der Waals surface area contributed by atoms with Crippen LogP contribution in [0.4, 0.5) is 0 Å². The summed E-state index contributed by atoms with van der Waals surface area (Å²) in [5.41, 5.74) is 1.25. The average Bonchev–Trinajstić information content (AvgIpc) is 3.34. The van der Waals surface area contributed by atoms with E-state index in [-0.39, 0.29) is 42.1 Å². The molecule has 3 rings (SSSR count). The lowest BCUT2D eigenvalue weighted by Gasteiger charge is -2.32. The van der Waals surface area contributed by atoms with Gasteiger partial charge < -0.3 is 15.0 Å². The van der Waals surface area contributed by atoms with Gasteiger partial charge in [0.2, 0.25) is 5.91 Å². The molecule has 3 heterocycles. The highest BCUT2D eigenvalue weighted by Crippen LogP contribution is 2.30. The van der Waals surface area contributed by atoms with Crippen LogP contribution in [0.2, 0.25) is 0 Å². The van der Waals surface area contributed by atoms with Gasteiger partial charge in [-0.05, 0) is 50.7 Å². The number of nitrogens with one attached hydrogen (secondary N) is 1. The van der Waals surface area contributed by atoms with Crippen molar-refractivity contribution in [3.05, 3.63) is 21.4 Å². The Morgan fingerprint density at radius 2 is 2.10 bits per heavy atom. The number of aryl methyl sites for hydroxylation is 2. The molecule has 1 amide bonds. The van der Waals surface area contributed by atoms with E-state index in [0.29, 0.717) is 18.9 Å². The maximum atomic E-state index is 13.2. The molecule has 1 aromatic heterocycles. The number of ether oxygens (including phenoxy) is 1. The zero-order valence-electron chi connectivity index (χ0n) is 17.9. The van der Waals surface area contributed by atoms with E-state index in [2.05, 4.69) is 39.1 Å². The molecular formula is C21H34N2O4S2. The number of carbonyl (C=O) groups is 1. The molecular weight excluding hydrogens is 408 g/mol. The highest BCUT2D eigenvalue weighted by Gasteiger charge is 2.36. The predicted octanol–water partition coefficient (Wildman–Crippen LogP) is 2.85. The molecule has 2 fully saturated rings. The summed E-state index contributed by atoms with van der Waals surface area (Å²) in [7, 11) is -3.05. The molecule has 0 radical (unpaired) electrons. The van der Waals surface area contributed by atoms with Crippen LogP contribution in [0.1, 0.15) is 54.5 Å². The number of nitrogens with zero attached hydrogens (tertiary/aromatic N) is 1. The third kappa shape index (κ3) is 5.81. The summed E-state index contributed by atoms with van der Waals surface area (Å²) in [6.07, 6.45) is 2.47. The van der Waals surface area contributed by atoms with Crippen molar-refractivity contribution < 1.29 is 17.9 Å². The van der Waals surface area contributed by atoms with Gasteiger partial charge in [-0.3, -0.25) is 4.79 Å². The summed E-state index contributed by atoms with van der Waals surface area (Å²) in [6.45, 7) is 9.96. The Hall–Kier alpha value is -0.960. The van der Waals surface area contributed by atoms with Crippen LogP contribution in [-0.4, -0.2) is 62.6 Å². The van der Waals surface area contributed by atoms with Crippen molar-refractivity contribution in [2.75, 3.05) is 31.2 Å². The summed E-state index contributed by atoms with van der Waals surface area (Å²) < 4.78 is 29.7. The van der Waals surface area contributed by atoms with Crippen LogP contribution in [-0.2, 0) is 19.4 Å². The first-order valence-electron chi connectivity index (χ1n) is 10.6. The highest BCUT2D eigenvalue weighted by molar-refractivity contribution is 7.91. The summed E-state index contributed by atoms with van der Waals surface area (Å²) in [4.78, 5) is 17.5. The van der Waals surface area contributed by atoms with Crippen LogP contribution in [0, 0.1) is 19.8 Å². The molecule has 29 heavy (non-hydrogen) atoms. The summed E-state index contributed by atoms with van der Waals surface area (Å²) in [5, 5.41) is 3.46. The van der Waals surface area contributed by atoms with Crippen molar-refractivity contribution >= 4 is 27.1 Å². The molecule has 0 aliphatic carbocycles. The van der Waals surface area contributed by atoms with E-state index < -0.39 is 9.84 Å². The molecule has 8 heteroatoms. The largest absolute Gasteiger partial charge is 0.376 e. The van der Waals surface area contributed by atoms with E-state index in [1.165, 1.54) is 15.3 Å². The van der Waals surface area contributed by atoms with Crippen molar-refractivity contribution in [1.82, 2.24) is 10.2 Å². The first-order valence-corrected chi connectivity index (χ1v) is 13.2. The average molecular weight is 443 g/mol. The Morgan fingerprint density at radius 1 is 1.34 bits per heavy atom. The Labute approximate surface area is 178 Å². The summed E-state index contributed by atoms with van der Waals surface area (Å²) >= 11 is 1.78. The van der Waals surface area contributed by atoms with E-state index in [4.69, 9.17) is 4.74 Å². The molecule has 0 aromatic carbocycles. The van der Waals surface area contributed by atoms with E-state index >= 15 is 0 Å². The van der Waals surface area contributed by atoms with Crippen LogP contribution < -0.4 is 5.32 Å². The van der Waals surface area contributed by atoms with Gasteiger partial charge in [0.1, 0.15) is 0 Å². The van der Waals surface area contributed by atoms with Crippen LogP contribution in [0.15, 0.2) is 6.07 Å². The Morgan fingerprint density at radius 3 is 2.62 bits per heavy atom. The van der Waals surface area contributed by atoms with Gasteiger partial charge >= 0.3 is 0 Å². The zero-order valence-corrected chi connectivity index (χ0v) is 19.6. The maximum Gasteiger partial charge on any atom is 0.236 e. The quantitative estimate of drug-likeness (QED) is 0.670. The lowest BCUT2D eigenvalue weighted by Crippen LogP contribution is -2.49. The normalized spacial score (nSPS) is 24.9. The van der Waals surface area contributed by atoms with Gasteiger partial charge in [0.05, 0.1) is 24.2 Å². The number of rotatable bonds is 8. The molecule has 164 valence electrons. The molecule has 0 saturated carbocycles. The van der Waals surface area contributed by atoms with Gasteiger partial charge in [0.15, 0.2) is 9.84 Å². The monoisotopic (exact) mass is 442 g/mol. The highest BCUT2D eigenvalue weighted by atomic mass is 32.2. The topological polar surface area (TPSA) is 75.7 Å². The fourth-order valence-electron chi connectivity index (χ4n) is 4.45. The number of hydrogen-bond donors (Lipinski definition) is 1. The van der Waals surface area contributed by atoms with E-state index in [9.17, 15) is 13.2 Å². The van der Waals surface area contributed by atoms with Gasteiger partial charge in [0, 0.05) is 35.0 Å². The number of thiophene rings is 1. The molecule has 0 spiro atoms. The van der Waals surface area contributed by atoms with Crippen LogP contribution in [0.5, 0.6) is 0 Å². The molecule has 3 atom stereocenters. The van der Waals surface area contributed by atoms with Crippen molar-refractivity contribution in [2.45, 2.75) is 65.1 Å². The molecule has 1 aromatic rings. The summed E-state index contributed by atoms with van der Waals surface area (Å²) in [5.74, 6) is 0.552. The summed E-state index contributed by atoms with van der Waals surface area (Å²) in [6, 6.07) is 2.07. The van der Waals surface area contributed by atoms with Gasteiger partial charge in [-0.1, -0.05) is 13.8 Å². The van der Waals surface area contributed by atoms with Gasteiger partial charge in [-0.2, -0.15) is 0 Å². The minimum atomic E-state index is -3.05.